The lowest BCUT2D eigenvalue weighted by molar-refractivity contribution is -0.128. The Morgan fingerprint density at radius 1 is 1.60 bits per heavy atom. The van der Waals surface area contributed by atoms with Gasteiger partial charge in [-0.1, -0.05) is 15.9 Å². The summed E-state index contributed by atoms with van der Waals surface area (Å²) in [4.78, 5) is 13.5. The first kappa shape index (κ1) is 10.7. The zero-order valence-electron chi connectivity index (χ0n) is 8.70. The number of hydrogen-bond acceptors (Lipinski definition) is 2. The summed E-state index contributed by atoms with van der Waals surface area (Å²) in [6.45, 7) is 3.36. The molecule has 1 aliphatic heterocycles. The van der Waals surface area contributed by atoms with Crippen molar-refractivity contribution in [1.82, 2.24) is 4.90 Å². The fraction of sp³-hybridized carbons (Fsp3) is 0.545. The Morgan fingerprint density at radius 3 is 2.93 bits per heavy atom. The van der Waals surface area contributed by atoms with Crippen LogP contribution < -0.4 is 0 Å². The van der Waals surface area contributed by atoms with E-state index in [0.717, 1.165) is 23.4 Å². The normalized spacial score (nSPS) is 21.3. The average Bonchev–Trinajstić information content (AvgIpc) is 2.75. The van der Waals surface area contributed by atoms with E-state index in [1.165, 1.54) is 0 Å². The second-order valence-corrected chi connectivity index (χ2v) is 4.66. The maximum Gasteiger partial charge on any atom is 0.223 e. The Hall–Kier alpha value is -0.770. The van der Waals surface area contributed by atoms with Crippen LogP contribution in [0.2, 0.25) is 0 Å². The van der Waals surface area contributed by atoms with Crippen LogP contribution in [0.15, 0.2) is 16.5 Å². The summed E-state index contributed by atoms with van der Waals surface area (Å²) in [5.41, 5.74) is 0. The van der Waals surface area contributed by atoms with Crippen LogP contribution in [0.1, 0.15) is 17.9 Å². The molecular weight excluding hydrogens is 258 g/mol. The van der Waals surface area contributed by atoms with Gasteiger partial charge in [-0.25, -0.2) is 0 Å². The zero-order valence-corrected chi connectivity index (χ0v) is 10.3. The summed E-state index contributed by atoms with van der Waals surface area (Å²) < 4.78 is 5.46. The topological polar surface area (TPSA) is 33.5 Å². The van der Waals surface area contributed by atoms with Crippen LogP contribution in [0.25, 0.3) is 0 Å². The quantitative estimate of drug-likeness (QED) is 0.791. The van der Waals surface area contributed by atoms with E-state index < -0.39 is 0 Å². The number of amides is 1. The Bertz CT molecular complexity index is 361. The number of alkyl halides is 1. The number of likely N-dealkylation sites (tertiary alicyclic amines) is 1. The van der Waals surface area contributed by atoms with Crippen LogP contribution >= 0.6 is 15.9 Å². The van der Waals surface area contributed by atoms with Gasteiger partial charge in [-0.05, 0) is 25.0 Å². The highest BCUT2D eigenvalue weighted by atomic mass is 79.9. The molecule has 0 saturated carbocycles. The molecule has 1 amide bonds. The van der Waals surface area contributed by atoms with Crippen LogP contribution in [0.4, 0.5) is 0 Å². The number of furan rings is 1. The van der Waals surface area contributed by atoms with Gasteiger partial charge < -0.3 is 9.32 Å². The van der Waals surface area contributed by atoms with Crippen molar-refractivity contribution >= 4 is 21.8 Å². The smallest absolute Gasteiger partial charge is 0.223 e. The minimum atomic E-state index is 0.230. The summed E-state index contributed by atoms with van der Waals surface area (Å²) in [5.74, 6) is 2.45. The van der Waals surface area contributed by atoms with Crippen molar-refractivity contribution < 1.29 is 9.21 Å². The zero-order chi connectivity index (χ0) is 10.8. The maximum absolute atomic E-state index is 11.6. The molecule has 0 aromatic carbocycles. The van der Waals surface area contributed by atoms with Gasteiger partial charge in [0.15, 0.2) is 0 Å². The van der Waals surface area contributed by atoms with Crippen LogP contribution in [0, 0.1) is 12.8 Å². The molecule has 3 nitrogen and oxygen atoms in total. The number of hydrogen-bond donors (Lipinski definition) is 0. The highest BCUT2D eigenvalue weighted by molar-refractivity contribution is 9.09. The predicted molar refractivity (Wildman–Crippen MR) is 60.8 cm³/mol. The van der Waals surface area contributed by atoms with E-state index in [2.05, 4.69) is 15.9 Å². The molecule has 0 aliphatic carbocycles. The van der Waals surface area contributed by atoms with Gasteiger partial charge in [0.25, 0.3) is 0 Å². The summed E-state index contributed by atoms with van der Waals surface area (Å²) >= 11 is 3.42. The molecule has 1 aromatic rings. The summed E-state index contributed by atoms with van der Waals surface area (Å²) in [5, 5.41) is 0.895. The van der Waals surface area contributed by atoms with E-state index in [9.17, 15) is 4.79 Å². The largest absolute Gasteiger partial charge is 0.464 e. The lowest BCUT2D eigenvalue weighted by atomic mass is 10.2. The monoisotopic (exact) mass is 271 g/mol. The minimum absolute atomic E-state index is 0.230. The van der Waals surface area contributed by atoms with Gasteiger partial charge in [0.1, 0.15) is 11.5 Å². The number of nitrogens with zero attached hydrogens (tertiary/aromatic N) is 1. The highest BCUT2D eigenvalue weighted by Crippen LogP contribution is 2.22. The van der Waals surface area contributed by atoms with Crippen molar-refractivity contribution in [1.29, 1.82) is 0 Å². The molecule has 1 saturated heterocycles. The molecule has 0 bridgehead atoms. The second kappa shape index (κ2) is 4.39. The molecule has 2 heterocycles. The van der Waals surface area contributed by atoms with Gasteiger partial charge in [0.2, 0.25) is 5.91 Å². The first-order valence-electron chi connectivity index (χ1n) is 5.08. The van der Waals surface area contributed by atoms with E-state index in [4.69, 9.17) is 4.42 Å². The number of halogens is 1. The van der Waals surface area contributed by atoms with E-state index in [-0.39, 0.29) is 5.91 Å². The van der Waals surface area contributed by atoms with E-state index in [0.29, 0.717) is 18.9 Å². The summed E-state index contributed by atoms with van der Waals surface area (Å²) in [7, 11) is 0. The van der Waals surface area contributed by atoms with Crippen molar-refractivity contribution in [2.24, 2.45) is 5.92 Å². The third kappa shape index (κ3) is 2.43. The Kier molecular flexibility index (Phi) is 3.14. The molecule has 4 heteroatoms. The molecule has 1 aliphatic rings. The van der Waals surface area contributed by atoms with Crippen LogP contribution in [0.5, 0.6) is 0 Å². The van der Waals surface area contributed by atoms with Gasteiger partial charge in [0, 0.05) is 18.3 Å². The molecule has 0 radical (unpaired) electrons. The maximum atomic E-state index is 11.6. The third-order valence-electron chi connectivity index (χ3n) is 2.66. The van der Waals surface area contributed by atoms with Gasteiger partial charge >= 0.3 is 0 Å². The SMILES string of the molecule is Cc1ccc(CN2CC(CBr)CC2=O)o1. The van der Waals surface area contributed by atoms with Gasteiger partial charge in [-0.15, -0.1) is 0 Å². The number of rotatable bonds is 3. The predicted octanol–water partition coefficient (Wildman–Crippen LogP) is 2.33. The Labute approximate surface area is 97.6 Å². The van der Waals surface area contributed by atoms with Gasteiger partial charge in [-0.2, -0.15) is 0 Å². The summed E-state index contributed by atoms with van der Waals surface area (Å²) in [6, 6.07) is 3.86. The van der Waals surface area contributed by atoms with E-state index in [1.54, 1.807) is 0 Å². The first-order valence-corrected chi connectivity index (χ1v) is 6.20. The van der Waals surface area contributed by atoms with Crippen molar-refractivity contribution in [2.45, 2.75) is 19.9 Å². The first-order chi connectivity index (χ1) is 7.19. The standard InChI is InChI=1S/C11H14BrNO2/c1-8-2-3-10(15-8)7-13-6-9(5-12)4-11(13)14/h2-3,9H,4-7H2,1H3. The van der Waals surface area contributed by atoms with Crippen LogP contribution in [0.3, 0.4) is 0 Å². The molecule has 1 atom stereocenters. The molecule has 2 rings (SSSR count). The fourth-order valence-electron chi connectivity index (χ4n) is 1.87. The minimum Gasteiger partial charge on any atom is -0.464 e. The van der Waals surface area contributed by atoms with Crippen molar-refractivity contribution in [3.8, 4) is 0 Å². The van der Waals surface area contributed by atoms with Crippen molar-refractivity contribution in [3.05, 3.63) is 23.7 Å². The number of carbonyl (C=O) groups excluding carboxylic acids is 1. The van der Waals surface area contributed by atoms with Gasteiger partial charge in [0.05, 0.1) is 6.54 Å². The Morgan fingerprint density at radius 2 is 2.40 bits per heavy atom. The van der Waals surface area contributed by atoms with Crippen molar-refractivity contribution in [3.63, 3.8) is 0 Å². The van der Waals surface area contributed by atoms with Crippen LogP contribution in [-0.2, 0) is 11.3 Å². The molecule has 0 N–H and O–H groups in total. The average molecular weight is 272 g/mol. The van der Waals surface area contributed by atoms with Gasteiger partial charge in [-0.3, -0.25) is 4.79 Å². The molecule has 1 aromatic heterocycles. The van der Waals surface area contributed by atoms with E-state index in [1.807, 2.05) is 24.0 Å². The number of aryl methyl sites for hydroxylation is 1. The molecule has 1 fully saturated rings. The summed E-state index contributed by atoms with van der Waals surface area (Å²) in [6.07, 6.45) is 0.658. The molecule has 1 unspecified atom stereocenters. The lowest BCUT2D eigenvalue weighted by Crippen LogP contribution is -2.24. The second-order valence-electron chi connectivity index (χ2n) is 4.01. The third-order valence-corrected chi connectivity index (χ3v) is 3.57. The molecular formula is C11H14BrNO2. The fourth-order valence-corrected chi connectivity index (χ4v) is 2.30. The van der Waals surface area contributed by atoms with Crippen molar-refractivity contribution in [2.75, 3.05) is 11.9 Å². The Balaban J connectivity index is 1.98. The molecule has 82 valence electrons. The number of carbonyl (C=O) groups is 1. The lowest BCUT2D eigenvalue weighted by Gasteiger charge is -2.14. The highest BCUT2D eigenvalue weighted by Gasteiger charge is 2.29. The van der Waals surface area contributed by atoms with E-state index >= 15 is 0 Å². The van der Waals surface area contributed by atoms with Crippen LogP contribution in [-0.4, -0.2) is 22.7 Å². The molecule has 15 heavy (non-hydrogen) atoms. The molecule has 0 spiro atoms.